The van der Waals surface area contributed by atoms with Gasteiger partial charge < -0.3 is 9.47 Å². The molecular weight excluding hydrogens is 208 g/mol. The van der Waals surface area contributed by atoms with Gasteiger partial charge in [-0.3, -0.25) is 0 Å². The highest BCUT2D eigenvalue weighted by atomic mass is 32.2. The van der Waals surface area contributed by atoms with Crippen LogP contribution < -0.4 is 0 Å². The minimum atomic E-state index is 0.456. The average Bonchev–Trinajstić information content (AvgIpc) is 3.03. The van der Waals surface area contributed by atoms with Crippen molar-refractivity contribution in [1.82, 2.24) is 0 Å². The van der Waals surface area contributed by atoms with Crippen molar-refractivity contribution >= 4 is 24.1 Å². The van der Waals surface area contributed by atoms with E-state index in [0.717, 1.165) is 24.7 Å². The van der Waals surface area contributed by atoms with E-state index >= 15 is 0 Å². The first-order chi connectivity index (χ1) is 6.45. The van der Waals surface area contributed by atoms with E-state index in [0.29, 0.717) is 12.2 Å². The molecule has 0 aromatic carbocycles. The van der Waals surface area contributed by atoms with Crippen molar-refractivity contribution in [3.63, 3.8) is 0 Å². The Kier molecular flexibility index (Phi) is 6.23. The fraction of sp³-hybridized carbons (Fsp3) is 1.00. The molecule has 2 saturated heterocycles. The van der Waals surface area contributed by atoms with Crippen molar-refractivity contribution in [3.05, 3.63) is 0 Å². The van der Waals surface area contributed by atoms with Gasteiger partial charge in [-0.05, 0) is 0 Å². The van der Waals surface area contributed by atoms with Gasteiger partial charge in [0.2, 0.25) is 0 Å². The van der Waals surface area contributed by atoms with Gasteiger partial charge in [0, 0.05) is 35.6 Å². The summed E-state index contributed by atoms with van der Waals surface area (Å²) in [5, 5.41) is 0. The first kappa shape index (κ1) is 11.7. The summed E-state index contributed by atoms with van der Waals surface area (Å²) >= 11 is 2.95. The van der Waals surface area contributed by atoms with E-state index in [-0.39, 0.29) is 0 Å². The molecule has 0 aromatic rings. The number of ether oxygens (including phenoxy) is 2. The van der Waals surface area contributed by atoms with Gasteiger partial charge in [0.05, 0.1) is 25.4 Å². The van der Waals surface area contributed by atoms with E-state index in [1.54, 1.807) is 0 Å². The summed E-state index contributed by atoms with van der Waals surface area (Å²) in [6.45, 7) is 5.82. The van der Waals surface area contributed by atoms with Crippen LogP contribution in [0.3, 0.4) is 0 Å². The lowest BCUT2D eigenvalue weighted by atomic mass is 10.6. The SMILES string of the molecule is C1OC1CSOSCC1CO1.CC. The van der Waals surface area contributed by atoms with Crippen molar-refractivity contribution in [2.45, 2.75) is 26.1 Å². The molecule has 2 heterocycles. The Balaban J connectivity index is 0.000000396. The fourth-order valence-electron chi connectivity index (χ4n) is 0.570. The van der Waals surface area contributed by atoms with Gasteiger partial charge in [-0.25, -0.2) is 3.63 Å². The van der Waals surface area contributed by atoms with E-state index in [1.807, 2.05) is 13.8 Å². The number of hydrogen-bond donors (Lipinski definition) is 0. The average molecular weight is 224 g/mol. The van der Waals surface area contributed by atoms with E-state index in [1.165, 1.54) is 24.1 Å². The molecule has 2 aliphatic heterocycles. The van der Waals surface area contributed by atoms with Gasteiger partial charge in [-0.2, -0.15) is 0 Å². The van der Waals surface area contributed by atoms with Crippen LogP contribution in [0.1, 0.15) is 13.8 Å². The second-order valence-electron chi connectivity index (χ2n) is 2.55. The predicted molar refractivity (Wildman–Crippen MR) is 56.8 cm³/mol. The first-order valence-corrected chi connectivity index (χ1v) is 6.41. The minimum absolute atomic E-state index is 0.456. The number of epoxide rings is 2. The Bertz CT molecular complexity index is 113. The third kappa shape index (κ3) is 6.62. The van der Waals surface area contributed by atoms with Crippen LogP contribution in [0.25, 0.3) is 0 Å². The second-order valence-corrected chi connectivity index (χ2v) is 4.23. The summed E-state index contributed by atoms with van der Waals surface area (Å²) in [4.78, 5) is 0. The van der Waals surface area contributed by atoms with Gasteiger partial charge in [-0.15, -0.1) is 0 Å². The van der Waals surface area contributed by atoms with E-state index in [9.17, 15) is 0 Å². The molecule has 0 aromatic heterocycles. The van der Waals surface area contributed by atoms with Crippen molar-refractivity contribution < 1.29 is 13.1 Å². The molecule has 2 atom stereocenters. The molecule has 0 radical (unpaired) electrons. The normalized spacial score (nSPS) is 29.1. The molecule has 5 heteroatoms. The lowest BCUT2D eigenvalue weighted by molar-refractivity contribution is 0.424. The third-order valence-corrected chi connectivity index (χ3v) is 3.19. The van der Waals surface area contributed by atoms with E-state index < -0.39 is 0 Å². The molecule has 0 bridgehead atoms. The van der Waals surface area contributed by atoms with Gasteiger partial charge in [0.25, 0.3) is 0 Å². The molecule has 0 N–H and O–H groups in total. The lowest BCUT2D eigenvalue weighted by Gasteiger charge is -1.96. The third-order valence-electron chi connectivity index (χ3n) is 1.41. The van der Waals surface area contributed by atoms with Crippen molar-refractivity contribution in [1.29, 1.82) is 0 Å². The molecule has 3 nitrogen and oxygen atoms in total. The number of hydrogen-bond acceptors (Lipinski definition) is 5. The van der Waals surface area contributed by atoms with Gasteiger partial charge in [0.15, 0.2) is 0 Å². The Morgan fingerprint density at radius 3 is 1.77 bits per heavy atom. The molecule has 2 unspecified atom stereocenters. The molecule has 2 fully saturated rings. The monoisotopic (exact) mass is 224 g/mol. The molecular formula is C8H16O3S2. The first-order valence-electron chi connectivity index (χ1n) is 4.59. The Morgan fingerprint density at radius 1 is 1.08 bits per heavy atom. The van der Waals surface area contributed by atoms with Crippen LogP contribution >= 0.6 is 24.1 Å². The zero-order valence-corrected chi connectivity index (χ0v) is 9.66. The maximum atomic E-state index is 5.21. The zero-order chi connectivity index (χ0) is 9.52. The van der Waals surface area contributed by atoms with Gasteiger partial charge in [0.1, 0.15) is 0 Å². The fourth-order valence-corrected chi connectivity index (χ4v) is 1.97. The van der Waals surface area contributed by atoms with Crippen LogP contribution in [0.15, 0.2) is 0 Å². The molecule has 0 amide bonds. The molecule has 13 heavy (non-hydrogen) atoms. The number of rotatable bonds is 6. The molecule has 0 spiro atoms. The highest BCUT2D eigenvalue weighted by Crippen LogP contribution is 2.24. The van der Waals surface area contributed by atoms with Crippen molar-refractivity contribution in [2.75, 3.05) is 24.7 Å². The van der Waals surface area contributed by atoms with E-state index in [2.05, 4.69) is 0 Å². The Hall–Kier alpha value is 0.580. The van der Waals surface area contributed by atoms with Gasteiger partial charge >= 0.3 is 0 Å². The largest absolute Gasteiger partial charge is 0.372 e. The molecule has 78 valence electrons. The molecule has 2 rings (SSSR count). The van der Waals surface area contributed by atoms with Crippen LogP contribution in [0, 0.1) is 0 Å². The highest BCUT2D eigenvalue weighted by molar-refractivity contribution is 8.07. The van der Waals surface area contributed by atoms with Crippen molar-refractivity contribution in [2.24, 2.45) is 0 Å². The molecule has 2 aliphatic rings. The minimum Gasteiger partial charge on any atom is -0.372 e. The quantitative estimate of drug-likeness (QED) is 0.392. The maximum absolute atomic E-state index is 5.21. The summed E-state index contributed by atoms with van der Waals surface area (Å²) in [6.07, 6.45) is 0.913. The lowest BCUT2D eigenvalue weighted by Crippen LogP contribution is -1.91. The highest BCUT2D eigenvalue weighted by Gasteiger charge is 2.24. The van der Waals surface area contributed by atoms with Crippen LogP contribution in [0.2, 0.25) is 0 Å². The Morgan fingerprint density at radius 2 is 1.46 bits per heavy atom. The molecule has 0 aliphatic carbocycles. The van der Waals surface area contributed by atoms with Crippen LogP contribution in [-0.2, 0) is 13.1 Å². The summed E-state index contributed by atoms with van der Waals surface area (Å²) in [6, 6.07) is 0. The van der Waals surface area contributed by atoms with Crippen molar-refractivity contribution in [3.8, 4) is 0 Å². The van der Waals surface area contributed by atoms with Gasteiger partial charge in [-0.1, -0.05) is 13.8 Å². The van der Waals surface area contributed by atoms with Crippen LogP contribution in [-0.4, -0.2) is 36.9 Å². The van der Waals surface area contributed by atoms with E-state index in [4.69, 9.17) is 13.1 Å². The summed E-state index contributed by atoms with van der Waals surface area (Å²) in [5.41, 5.74) is 0. The zero-order valence-electron chi connectivity index (χ0n) is 8.02. The Labute approximate surface area is 88.3 Å². The second kappa shape index (κ2) is 6.95. The summed E-state index contributed by atoms with van der Waals surface area (Å²) < 4.78 is 15.2. The standard InChI is InChI=1S/C6H10O3S2.C2H6/c1-5(7-1)3-10-9-11-4-6-2-8-6;1-2/h5-6H,1-4H2;1-2H3. The summed E-state index contributed by atoms with van der Waals surface area (Å²) in [7, 11) is 0. The van der Waals surface area contributed by atoms with Crippen LogP contribution in [0.5, 0.6) is 0 Å². The topological polar surface area (TPSA) is 34.3 Å². The summed E-state index contributed by atoms with van der Waals surface area (Å²) in [5.74, 6) is 1.91. The smallest absolute Gasteiger partial charge is 0.0922 e. The predicted octanol–water partition coefficient (Wildman–Crippen LogP) is 2.12. The van der Waals surface area contributed by atoms with Crippen LogP contribution in [0.4, 0.5) is 0 Å². The molecule has 0 saturated carbocycles. The maximum Gasteiger partial charge on any atom is 0.0922 e.